The van der Waals surface area contributed by atoms with Crippen LogP contribution >= 0.6 is 0 Å². The molecule has 2 aliphatic rings. The first-order valence-corrected chi connectivity index (χ1v) is 11.1. The Balaban J connectivity index is 1.59. The highest BCUT2D eigenvalue weighted by Crippen LogP contribution is 2.43. The van der Waals surface area contributed by atoms with Crippen LogP contribution < -0.4 is 15.0 Å². The van der Waals surface area contributed by atoms with Gasteiger partial charge < -0.3 is 19.9 Å². The summed E-state index contributed by atoms with van der Waals surface area (Å²) in [6, 6.07) is 3.00. The molecule has 0 aliphatic carbocycles. The highest BCUT2D eigenvalue weighted by Gasteiger charge is 2.44. The highest BCUT2D eigenvalue weighted by molar-refractivity contribution is 5.97. The number of nitrogens with zero attached hydrogens (tertiary/aromatic N) is 4. The van der Waals surface area contributed by atoms with Gasteiger partial charge in [-0.15, -0.1) is 0 Å². The molecule has 178 valence electrons. The minimum atomic E-state index is -2.71. The van der Waals surface area contributed by atoms with E-state index in [1.807, 2.05) is 0 Å². The first-order chi connectivity index (χ1) is 15.8. The molecule has 4 rings (SSSR count). The molecule has 0 unspecified atom stereocenters. The number of alkyl halides is 2. The zero-order valence-corrected chi connectivity index (χ0v) is 18.7. The molecule has 0 saturated carbocycles. The summed E-state index contributed by atoms with van der Waals surface area (Å²) in [5, 5.41) is 3.37. The fourth-order valence-electron chi connectivity index (χ4n) is 4.51. The Kier molecular flexibility index (Phi) is 6.73. The van der Waals surface area contributed by atoms with Crippen molar-refractivity contribution in [2.75, 3.05) is 37.6 Å². The molecule has 10 heteroatoms. The lowest BCUT2D eigenvalue weighted by Crippen LogP contribution is -2.60. The fraction of sp³-hybridized carbons (Fsp3) is 0.522. The predicted octanol–water partition coefficient (Wildman–Crippen LogP) is 3.71. The molecule has 2 aromatic rings. The van der Waals surface area contributed by atoms with Gasteiger partial charge in [-0.05, 0) is 58.0 Å². The van der Waals surface area contributed by atoms with E-state index in [4.69, 9.17) is 4.74 Å². The summed E-state index contributed by atoms with van der Waals surface area (Å²) < 4.78 is 46.2. The van der Waals surface area contributed by atoms with Crippen LogP contribution in [0.4, 0.5) is 19.0 Å². The first-order valence-electron chi connectivity index (χ1n) is 11.1. The average molecular weight is 464 g/mol. The molecular weight excluding hydrogens is 435 g/mol. The van der Waals surface area contributed by atoms with Crippen LogP contribution in [0.25, 0.3) is 0 Å². The van der Waals surface area contributed by atoms with Gasteiger partial charge in [0.1, 0.15) is 17.9 Å². The zero-order chi connectivity index (χ0) is 23.6. The molecule has 1 N–H and O–H groups in total. The monoisotopic (exact) mass is 463 g/mol. The average Bonchev–Trinajstić information content (AvgIpc) is 2.77. The maximum absolute atomic E-state index is 14.0. The van der Waals surface area contributed by atoms with E-state index < -0.39 is 30.7 Å². The predicted molar refractivity (Wildman–Crippen MR) is 117 cm³/mol. The molecule has 0 atom stereocenters. The Morgan fingerprint density at radius 3 is 2.64 bits per heavy atom. The standard InChI is InChI=1S/C23H28F3N5O2/c1-15(2)31(11-20(25)26)22(32)17-9-16(24)3-4-18(17)33-19-10-28-14-29-21(19)30-12-23(13-30)5-7-27-8-6-23/h3-4,9-10,14-15,20,27H,5-8,11-13H2,1-2H3. The number of amides is 1. The smallest absolute Gasteiger partial charge is 0.258 e. The van der Waals surface area contributed by atoms with Gasteiger partial charge in [-0.2, -0.15) is 0 Å². The molecule has 1 amide bonds. The molecule has 0 bridgehead atoms. The van der Waals surface area contributed by atoms with E-state index in [-0.39, 0.29) is 16.7 Å². The second-order valence-electron chi connectivity index (χ2n) is 9.00. The van der Waals surface area contributed by atoms with Crippen molar-refractivity contribution in [3.63, 3.8) is 0 Å². The van der Waals surface area contributed by atoms with E-state index in [2.05, 4.69) is 20.2 Å². The van der Waals surface area contributed by atoms with Crippen molar-refractivity contribution in [3.05, 3.63) is 42.1 Å². The van der Waals surface area contributed by atoms with Crippen molar-refractivity contribution in [2.45, 2.75) is 39.2 Å². The normalized spacial score (nSPS) is 17.4. The second-order valence-corrected chi connectivity index (χ2v) is 9.00. The molecule has 3 heterocycles. The SMILES string of the molecule is CC(C)N(CC(F)F)C(=O)c1cc(F)ccc1Oc1cncnc1N1CC2(CCNCC2)C1. The summed E-state index contributed by atoms with van der Waals surface area (Å²) in [6.45, 7) is 6.17. The van der Waals surface area contributed by atoms with Crippen molar-refractivity contribution in [1.29, 1.82) is 0 Å². The number of anilines is 1. The summed E-state index contributed by atoms with van der Waals surface area (Å²) in [5.74, 6) is -0.408. The minimum absolute atomic E-state index is 0.0643. The first kappa shape index (κ1) is 23.3. The Hall–Kier alpha value is -2.88. The summed E-state index contributed by atoms with van der Waals surface area (Å²) >= 11 is 0. The van der Waals surface area contributed by atoms with Crippen LogP contribution in [0.15, 0.2) is 30.7 Å². The molecule has 0 radical (unpaired) electrons. The van der Waals surface area contributed by atoms with E-state index in [1.165, 1.54) is 18.6 Å². The van der Waals surface area contributed by atoms with E-state index >= 15 is 0 Å². The lowest BCUT2D eigenvalue weighted by Gasteiger charge is -2.53. The van der Waals surface area contributed by atoms with Gasteiger partial charge in [-0.25, -0.2) is 23.1 Å². The van der Waals surface area contributed by atoms with Crippen molar-refractivity contribution in [3.8, 4) is 11.5 Å². The largest absolute Gasteiger partial charge is 0.451 e. The summed E-state index contributed by atoms with van der Waals surface area (Å²) in [7, 11) is 0. The van der Waals surface area contributed by atoms with Crippen LogP contribution in [-0.2, 0) is 0 Å². The number of hydrogen-bond donors (Lipinski definition) is 1. The van der Waals surface area contributed by atoms with Gasteiger partial charge in [-0.1, -0.05) is 0 Å². The van der Waals surface area contributed by atoms with Crippen LogP contribution in [0, 0.1) is 11.2 Å². The van der Waals surface area contributed by atoms with Crippen LogP contribution in [0.3, 0.4) is 0 Å². The van der Waals surface area contributed by atoms with Crippen LogP contribution in [0.2, 0.25) is 0 Å². The van der Waals surface area contributed by atoms with E-state index in [0.717, 1.165) is 56.1 Å². The maximum atomic E-state index is 14.0. The van der Waals surface area contributed by atoms with E-state index in [0.29, 0.717) is 11.6 Å². The molecule has 2 aliphatic heterocycles. The van der Waals surface area contributed by atoms with Gasteiger partial charge in [0.25, 0.3) is 12.3 Å². The van der Waals surface area contributed by atoms with Gasteiger partial charge in [-0.3, -0.25) is 4.79 Å². The molecule has 1 aromatic heterocycles. The number of rotatable bonds is 7. The van der Waals surface area contributed by atoms with Gasteiger partial charge in [0.2, 0.25) is 0 Å². The summed E-state index contributed by atoms with van der Waals surface area (Å²) in [5.41, 5.74) is 0.134. The van der Waals surface area contributed by atoms with Crippen molar-refractivity contribution >= 4 is 11.7 Å². The van der Waals surface area contributed by atoms with Crippen molar-refractivity contribution < 1.29 is 22.7 Å². The highest BCUT2D eigenvalue weighted by atomic mass is 19.3. The summed E-state index contributed by atoms with van der Waals surface area (Å²) in [6.07, 6.45) is 2.40. The van der Waals surface area contributed by atoms with Crippen molar-refractivity contribution in [2.24, 2.45) is 5.41 Å². The maximum Gasteiger partial charge on any atom is 0.258 e. The molecule has 7 nitrogen and oxygen atoms in total. The molecule has 2 fully saturated rings. The number of piperidine rings is 1. The van der Waals surface area contributed by atoms with Gasteiger partial charge >= 0.3 is 0 Å². The Labute approximate surface area is 191 Å². The molecule has 1 aromatic carbocycles. The minimum Gasteiger partial charge on any atom is -0.451 e. The topological polar surface area (TPSA) is 70.6 Å². The fourth-order valence-corrected chi connectivity index (χ4v) is 4.51. The number of ether oxygens (including phenoxy) is 1. The molecule has 1 spiro atoms. The second kappa shape index (κ2) is 9.54. The number of carbonyl (C=O) groups is 1. The van der Waals surface area contributed by atoms with E-state index in [9.17, 15) is 18.0 Å². The lowest BCUT2D eigenvalue weighted by atomic mass is 9.72. The molecule has 33 heavy (non-hydrogen) atoms. The van der Waals surface area contributed by atoms with Gasteiger partial charge in [0.05, 0.1) is 18.3 Å². The number of benzene rings is 1. The number of aromatic nitrogens is 2. The third kappa shape index (κ3) is 5.05. The van der Waals surface area contributed by atoms with Crippen LogP contribution in [0.1, 0.15) is 37.0 Å². The third-order valence-corrected chi connectivity index (χ3v) is 6.29. The van der Waals surface area contributed by atoms with Crippen LogP contribution in [-0.4, -0.2) is 66.0 Å². The molecule has 2 saturated heterocycles. The Bertz CT molecular complexity index is 990. The van der Waals surface area contributed by atoms with Gasteiger partial charge in [0, 0.05) is 24.5 Å². The third-order valence-electron chi connectivity index (χ3n) is 6.29. The zero-order valence-electron chi connectivity index (χ0n) is 18.7. The Morgan fingerprint density at radius 1 is 1.24 bits per heavy atom. The molecular formula is C23H28F3N5O2. The number of carbonyl (C=O) groups excluding carboxylic acids is 1. The van der Waals surface area contributed by atoms with Crippen LogP contribution in [0.5, 0.6) is 11.5 Å². The quantitative estimate of drug-likeness (QED) is 0.675. The van der Waals surface area contributed by atoms with Gasteiger partial charge in [0.15, 0.2) is 11.6 Å². The number of nitrogens with one attached hydrogen (secondary N) is 1. The summed E-state index contributed by atoms with van der Waals surface area (Å²) in [4.78, 5) is 24.6. The number of hydrogen-bond acceptors (Lipinski definition) is 6. The lowest BCUT2D eigenvalue weighted by molar-refractivity contribution is 0.0473. The van der Waals surface area contributed by atoms with Crippen molar-refractivity contribution in [1.82, 2.24) is 20.2 Å². The van der Waals surface area contributed by atoms with E-state index in [1.54, 1.807) is 13.8 Å². The number of halogens is 3. The Morgan fingerprint density at radius 2 is 1.97 bits per heavy atom.